The summed E-state index contributed by atoms with van der Waals surface area (Å²) in [5, 5.41) is 0. The topological polar surface area (TPSA) is 20.3 Å². The number of anilines is 1. The van der Waals surface area contributed by atoms with Gasteiger partial charge in [0.1, 0.15) is 6.00 Å². The first kappa shape index (κ1) is 8.08. The first-order valence-corrected chi connectivity index (χ1v) is 3.68. The monoisotopic (exact) mass is 168 g/mol. The molecule has 0 aromatic heterocycles. The van der Waals surface area contributed by atoms with Crippen LogP contribution in [0.25, 0.3) is 0 Å². The molecule has 3 heteroatoms. The second-order valence-corrected chi connectivity index (χ2v) is 2.21. The fraction of sp³-hybridized carbons (Fsp3) is 0.125. The Morgan fingerprint density at radius 3 is 2.45 bits per heavy atom. The van der Waals surface area contributed by atoms with E-state index in [1.807, 2.05) is 18.2 Å². The predicted molar refractivity (Wildman–Crippen MR) is 45.3 cm³/mol. The molecular weight excluding hydrogens is 162 g/mol. The smallest absolute Gasteiger partial charge is 0.290 e. The molecule has 2 nitrogen and oxygen atoms in total. The number of rotatable bonds is 3. The van der Waals surface area contributed by atoms with Gasteiger partial charge in [-0.3, -0.25) is 9.69 Å². The van der Waals surface area contributed by atoms with Gasteiger partial charge < -0.3 is 0 Å². The molecule has 0 spiro atoms. The number of hydrogen-bond donors (Lipinski definition) is 0. The lowest BCUT2D eigenvalue weighted by atomic mass is 10.3. The Balaban J connectivity index is 2.82. The Kier molecular flexibility index (Phi) is 2.93. The molecule has 11 heavy (non-hydrogen) atoms. The van der Waals surface area contributed by atoms with Crippen molar-refractivity contribution in [1.82, 2.24) is 0 Å². The quantitative estimate of drug-likeness (QED) is 0.383. The van der Waals surface area contributed by atoms with E-state index >= 15 is 0 Å². The van der Waals surface area contributed by atoms with Gasteiger partial charge in [-0.2, -0.15) is 0 Å². The van der Waals surface area contributed by atoms with Crippen molar-refractivity contribution in [3.8, 4) is 0 Å². The minimum atomic E-state index is 0.132. The molecule has 1 aromatic rings. The number of hydrogen-bond acceptors (Lipinski definition) is 1. The molecule has 0 saturated carbocycles. The van der Waals surface area contributed by atoms with Crippen molar-refractivity contribution in [1.29, 1.82) is 0 Å². The van der Waals surface area contributed by atoms with Crippen LogP contribution in [0.15, 0.2) is 30.3 Å². The Labute approximate surface area is 70.4 Å². The Morgan fingerprint density at radius 2 is 2.00 bits per heavy atom. The maximum Gasteiger partial charge on any atom is 0.317 e. The molecular formula is C8H7ClNO. The highest BCUT2D eigenvalue weighted by Crippen LogP contribution is 2.10. The third kappa shape index (κ3) is 1.95. The van der Waals surface area contributed by atoms with Crippen LogP contribution < -0.4 is 4.90 Å². The number of halogens is 1. The van der Waals surface area contributed by atoms with E-state index in [2.05, 4.69) is 0 Å². The van der Waals surface area contributed by atoms with Crippen LogP contribution in [0.3, 0.4) is 0 Å². The van der Waals surface area contributed by atoms with E-state index in [1.165, 1.54) is 4.90 Å². The zero-order valence-electron chi connectivity index (χ0n) is 5.83. The average Bonchev–Trinajstić information content (AvgIpc) is 2.09. The highest BCUT2D eigenvalue weighted by Gasteiger charge is 2.01. The third-order valence-electron chi connectivity index (χ3n) is 1.30. The summed E-state index contributed by atoms with van der Waals surface area (Å²) in [6, 6.07) is 9.28. The lowest BCUT2D eigenvalue weighted by molar-refractivity contribution is 0.554. The Morgan fingerprint density at radius 1 is 1.36 bits per heavy atom. The minimum absolute atomic E-state index is 0.132. The fourth-order valence-electron chi connectivity index (χ4n) is 0.754. The largest absolute Gasteiger partial charge is 0.317 e. The van der Waals surface area contributed by atoms with Crippen molar-refractivity contribution in [2.75, 3.05) is 10.9 Å². The molecule has 0 aliphatic rings. The van der Waals surface area contributed by atoms with Gasteiger partial charge >= 0.3 is 6.41 Å². The number of alkyl halides is 1. The van der Waals surface area contributed by atoms with Crippen molar-refractivity contribution >= 4 is 23.7 Å². The van der Waals surface area contributed by atoms with Gasteiger partial charge in [-0.25, -0.2) is 0 Å². The van der Waals surface area contributed by atoms with Crippen LogP contribution in [0.2, 0.25) is 0 Å². The summed E-state index contributed by atoms with van der Waals surface area (Å²) in [5.74, 6) is 0. The van der Waals surface area contributed by atoms with E-state index < -0.39 is 0 Å². The SMILES string of the molecule is O=[C]N(CCl)c1ccccc1. The van der Waals surface area contributed by atoms with E-state index in [9.17, 15) is 4.79 Å². The molecule has 0 heterocycles. The maximum absolute atomic E-state index is 10.3. The van der Waals surface area contributed by atoms with E-state index in [0.29, 0.717) is 0 Å². The molecule has 1 radical (unpaired) electrons. The number of nitrogens with zero attached hydrogens (tertiary/aromatic N) is 1. The molecule has 0 N–H and O–H groups in total. The van der Waals surface area contributed by atoms with Gasteiger partial charge in [0.2, 0.25) is 0 Å². The molecule has 0 fully saturated rings. The molecule has 1 rings (SSSR count). The van der Waals surface area contributed by atoms with Crippen LogP contribution in [0.4, 0.5) is 5.69 Å². The summed E-state index contributed by atoms with van der Waals surface area (Å²) in [5.41, 5.74) is 0.762. The molecule has 0 unspecified atom stereocenters. The van der Waals surface area contributed by atoms with Gasteiger partial charge in [-0.15, -0.1) is 11.6 Å². The van der Waals surface area contributed by atoms with Crippen LogP contribution in [0, 0.1) is 0 Å². The van der Waals surface area contributed by atoms with Crippen molar-refractivity contribution in [2.45, 2.75) is 0 Å². The molecule has 0 saturated heterocycles. The summed E-state index contributed by atoms with van der Waals surface area (Å²) < 4.78 is 0. The third-order valence-corrected chi connectivity index (χ3v) is 1.54. The Bertz CT molecular complexity index is 225. The van der Waals surface area contributed by atoms with Crippen molar-refractivity contribution < 1.29 is 4.79 Å². The van der Waals surface area contributed by atoms with Crippen LogP contribution in [0.5, 0.6) is 0 Å². The first-order valence-electron chi connectivity index (χ1n) is 3.15. The zero-order valence-corrected chi connectivity index (χ0v) is 6.58. The van der Waals surface area contributed by atoms with Crippen molar-refractivity contribution in [3.05, 3.63) is 30.3 Å². The van der Waals surface area contributed by atoms with Gasteiger partial charge in [0, 0.05) is 5.69 Å². The standard InChI is InChI=1S/C8H7ClNO/c9-6-10(7-11)8-4-2-1-3-5-8/h1-5H,6H2. The number of benzene rings is 1. The van der Waals surface area contributed by atoms with E-state index in [-0.39, 0.29) is 6.00 Å². The van der Waals surface area contributed by atoms with Crippen molar-refractivity contribution in [2.24, 2.45) is 0 Å². The highest BCUT2D eigenvalue weighted by atomic mass is 35.5. The lowest BCUT2D eigenvalue weighted by Crippen LogP contribution is -2.18. The predicted octanol–water partition coefficient (Wildman–Crippen LogP) is 1.76. The van der Waals surface area contributed by atoms with E-state index in [1.54, 1.807) is 18.5 Å². The molecule has 57 valence electrons. The second kappa shape index (κ2) is 3.98. The number of carbonyl (C=O) groups excluding carboxylic acids is 1. The molecule has 1 aromatic carbocycles. The first-order chi connectivity index (χ1) is 5.38. The minimum Gasteiger partial charge on any atom is -0.290 e. The zero-order chi connectivity index (χ0) is 8.10. The average molecular weight is 169 g/mol. The molecule has 0 bridgehead atoms. The summed E-state index contributed by atoms with van der Waals surface area (Å²) in [6.07, 6.45) is 1.72. The summed E-state index contributed by atoms with van der Waals surface area (Å²) in [6.45, 7) is 0. The van der Waals surface area contributed by atoms with Gasteiger partial charge in [-0.05, 0) is 12.1 Å². The summed E-state index contributed by atoms with van der Waals surface area (Å²) in [4.78, 5) is 11.5. The second-order valence-electron chi connectivity index (χ2n) is 1.97. The molecule has 0 aliphatic carbocycles. The number of para-hydroxylation sites is 1. The molecule has 1 amide bonds. The van der Waals surface area contributed by atoms with Crippen LogP contribution in [0.1, 0.15) is 0 Å². The van der Waals surface area contributed by atoms with Crippen LogP contribution in [-0.2, 0) is 4.79 Å². The van der Waals surface area contributed by atoms with Gasteiger partial charge in [0.25, 0.3) is 0 Å². The van der Waals surface area contributed by atoms with E-state index in [0.717, 1.165) is 5.69 Å². The Hall–Kier alpha value is -1.02. The summed E-state index contributed by atoms with van der Waals surface area (Å²) in [7, 11) is 0. The molecule has 0 aliphatic heterocycles. The summed E-state index contributed by atoms with van der Waals surface area (Å²) >= 11 is 5.47. The van der Waals surface area contributed by atoms with Gasteiger partial charge in [0.05, 0.1) is 0 Å². The van der Waals surface area contributed by atoms with Crippen LogP contribution >= 0.6 is 11.6 Å². The van der Waals surface area contributed by atoms with Gasteiger partial charge in [-0.1, -0.05) is 18.2 Å². The lowest BCUT2D eigenvalue weighted by Gasteiger charge is -2.10. The highest BCUT2D eigenvalue weighted by molar-refractivity contribution is 6.20. The molecule has 0 atom stereocenters. The number of amides is 1. The van der Waals surface area contributed by atoms with Crippen LogP contribution in [-0.4, -0.2) is 12.4 Å². The van der Waals surface area contributed by atoms with Crippen molar-refractivity contribution in [3.63, 3.8) is 0 Å². The van der Waals surface area contributed by atoms with E-state index in [4.69, 9.17) is 11.6 Å². The van der Waals surface area contributed by atoms with Gasteiger partial charge in [0.15, 0.2) is 0 Å². The fourth-order valence-corrected chi connectivity index (χ4v) is 0.941. The maximum atomic E-state index is 10.3. The normalized spacial score (nSPS) is 9.18.